The van der Waals surface area contributed by atoms with Crippen molar-refractivity contribution in [3.05, 3.63) is 52.0 Å². The van der Waals surface area contributed by atoms with Gasteiger partial charge in [-0.05, 0) is 81.0 Å². The van der Waals surface area contributed by atoms with Gasteiger partial charge in [0, 0.05) is 6.54 Å². The van der Waals surface area contributed by atoms with E-state index >= 15 is 0 Å². The molecule has 0 bridgehead atoms. The van der Waals surface area contributed by atoms with E-state index in [2.05, 4.69) is 4.72 Å². The summed E-state index contributed by atoms with van der Waals surface area (Å²) in [4.78, 5) is 0.343. The molecule has 24 heavy (non-hydrogen) atoms. The summed E-state index contributed by atoms with van der Waals surface area (Å²) in [5.41, 5.74) is 4.66. The first kappa shape index (κ1) is 18.7. The number of sulfonamides is 1. The molecule has 0 aliphatic rings. The van der Waals surface area contributed by atoms with Crippen LogP contribution in [-0.4, -0.2) is 20.1 Å². The van der Waals surface area contributed by atoms with Gasteiger partial charge in [0.25, 0.3) is 0 Å². The van der Waals surface area contributed by atoms with Crippen LogP contribution < -0.4 is 4.72 Å². The number of nitrogens with one attached hydrogen (secondary N) is 1. The average molecular weight is 351 g/mol. The molecule has 6 heteroatoms. The maximum Gasteiger partial charge on any atom is 0.241 e. The lowest BCUT2D eigenvalue weighted by atomic mass is 9.95. The van der Waals surface area contributed by atoms with Gasteiger partial charge in [-0.15, -0.1) is 0 Å². The summed E-state index contributed by atoms with van der Waals surface area (Å²) < 4.78 is 33.2. The Morgan fingerprint density at radius 3 is 2.08 bits per heavy atom. The molecule has 132 valence electrons. The highest BCUT2D eigenvalue weighted by Crippen LogP contribution is 2.29. The van der Waals surface area contributed by atoms with Crippen molar-refractivity contribution < 1.29 is 17.9 Å². The van der Waals surface area contributed by atoms with E-state index in [-0.39, 0.29) is 13.0 Å². The van der Waals surface area contributed by atoms with Crippen molar-refractivity contribution in [2.24, 2.45) is 0 Å². The fourth-order valence-corrected chi connectivity index (χ4v) is 4.54. The minimum absolute atomic E-state index is 0.134. The van der Waals surface area contributed by atoms with E-state index in [0.717, 1.165) is 27.8 Å². The largest absolute Gasteiger partial charge is 0.467 e. The minimum Gasteiger partial charge on any atom is -0.467 e. The summed E-state index contributed by atoms with van der Waals surface area (Å²) in [5.74, 6) is 0.434. The molecule has 2 rings (SSSR count). The molecule has 0 saturated heterocycles. The molecule has 1 aromatic heterocycles. The average Bonchev–Trinajstić information content (AvgIpc) is 3.05. The molecule has 1 heterocycles. The summed E-state index contributed by atoms with van der Waals surface area (Å²) in [5, 5.41) is 9.98. The van der Waals surface area contributed by atoms with E-state index in [0.29, 0.717) is 10.7 Å². The molecule has 1 atom stereocenters. The highest BCUT2D eigenvalue weighted by Gasteiger charge is 2.23. The maximum atomic E-state index is 12.7. The Morgan fingerprint density at radius 1 is 1.04 bits per heavy atom. The van der Waals surface area contributed by atoms with Crippen molar-refractivity contribution in [2.75, 3.05) is 6.54 Å². The molecule has 0 amide bonds. The van der Waals surface area contributed by atoms with E-state index in [4.69, 9.17) is 4.42 Å². The zero-order valence-corrected chi connectivity index (χ0v) is 15.6. The van der Waals surface area contributed by atoms with Gasteiger partial charge in [-0.25, -0.2) is 13.1 Å². The number of furan rings is 1. The number of rotatable bonds is 6. The van der Waals surface area contributed by atoms with Crippen LogP contribution in [0.25, 0.3) is 0 Å². The van der Waals surface area contributed by atoms with Gasteiger partial charge in [0.2, 0.25) is 10.0 Å². The van der Waals surface area contributed by atoms with Crippen LogP contribution in [0, 0.1) is 34.6 Å². The molecule has 0 saturated carbocycles. The second kappa shape index (κ2) is 7.09. The standard InChI is InChI=1S/C18H25NO4S/c1-11-12(2)14(4)18(15(5)13(11)3)24(21,22)19-9-8-16(20)17-7-6-10-23-17/h6-7,10,16,19-20H,8-9H2,1-5H3/t16-/m0/s1. The minimum atomic E-state index is -3.64. The lowest BCUT2D eigenvalue weighted by Gasteiger charge is -2.19. The number of hydrogen-bond donors (Lipinski definition) is 2. The van der Waals surface area contributed by atoms with Crippen molar-refractivity contribution in [1.82, 2.24) is 4.72 Å². The summed E-state index contributed by atoms with van der Waals surface area (Å²) in [6.07, 6.45) is 0.897. The predicted molar refractivity (Wildman–Crippen MR) is 93.6 cm³/mol. The van der Waals surface area contributed by atoms with Gasteiger partial charge in [0.05, 0.1) is 11.2 Å². The lowest BCUT2D eigenvalue weighted by molar-refractivity contribution is 0.142. The fraction of sp³-hybridized carbons (Fsp3) is 0.444. The van der Waals surface area contributed by atoms with Crippen LogP contribution in [0.2, 0.25) is 0 Å². The van der Waals surface area contributed by atoms with Crippen molar-refractivity contribution in [2.45, 2.75) is 52.0 Å². The van der Waals surface area contributed by atoms with Crippen LogP contribution in [0.15, 0.2) is 27.7 Å². The second-order valence-electron chi connectivity index (χ2n) is 6.17. The second-order valence-corrected chi connectivity index (χ2v) is 7.88. The van der Waals surface area contributed by atoms with E-state index in [1.54, 1.807) is 12.1 Å². The molecule has 1 aromatic carbocycles. The van der Waals surface area contributed by atoms with Gasteiger partial charge >= 0.3 is 0 Å². The smallest absolute Gasteiger partial charge is 0.241 e. The molecule has 0 aliphatic carbocycles. The molecule has 2 aromatic rings. The summed E-state index contributed by atoms with van der Waals surface area (Å²) in [6, 6.07) is 3.35. The third-order valence-electron chi connectivity index (χ3n) is 4.78. The number of benzene rings is 1. The molecule has 0 fully saturated rings. The van der Waals surface area contributed by atoms with Gasteiger partial charge in [-0.3, -0.25) is 0 Å². The summed E-state index contributed by atoms with van der Waals surface area (Å²) >= 11 is 0. The first-order valence-electron chi connectivity index (χ1n) is 7.95. The molecule has 0 unspecified atom stereocenters. The third-order valence-corrected chi connectivity index (χ3v) is 6.52. The van der Waals surface area contributed by atoms with E-state index in [1.807, 2.05) is 34.6 Å². The van der Waals surface area contributed by atoms with Gasteiger partial charge in [-0.1, -0.05) is 0 Å². The van der Waals surface area contributed by atoms with Gasteiger partial charge < -0.3 is 9.52 Å². The normalized spacial score (nSPS) is 13.2. The first-order valence-corrected chi connectivity index (χ1v) is 9.43. The Labute approximate surface area is 143 Å². The van der Waals surface area contributed by atoms with E-state index in [9.17, 15) is 13.5 Å². The highest BCUT2D eigenvalue weighted by molar-refractivity contribution is 7.89. The number of hydrogen-bond acceptors (Lipinski definition) is 4. The van der Waals surface area contributed by atoms with Crippen LogP contribution in [-0.2, 0) is 10.0 Å². The van der Waals surface area contributed by atoms with Crippen molar-refractivity contribution >= 4 is 10.0 Å². The molecule has 0 spiro atoms. The van der Waals surface area contributed by atoms with Crippen LogP contribution in [0.5, 0.6) is 0 Å². The van der Waals surface area contributed by atoms with Gasteiger partial charge in [-0.2, -0.15) is 0 Å². The highest BCUT2D eigenvalue weighted by atomic mass is 32.2. The topological polar surface area (TPSA) is 79.5 Å². The SMILES string of the molecule is Cc1c(C)c(C)c(S(=O)(=O)NCC[C@H](O)c2ccco2)c(C)c1C. The van der Waals surface area contributed by atoms with Crippen LogP contribution in [0.3, 0.4) is 0 Å². The maximum absolute atomic E-state index is 12.7. The predicted octanol–water partition coefficient (Wildman–Crippen LogP) is 3.22. The van der Waals surface area contributed by atoms with Gasteiger partial charge in [0.15, 0.2) is 0 Å². The van der Waals surface area contributed by atoms with Crippen molar-refractivity contribution in [3.63, 3.8) is 0 Å². The molecule has 2 N–H and O–H groups in total. The van der Waals surface area contributed by atoms with Crippen LogP contribution >= 0.6 is 0 Å². The van der Waals surface area contributed by atoms with Crippen molar-refractivity contribution in [1.29, 1.82) is 0 Å². The molecular formula is C18H25NO4S. The van der Waals surface area contributed by atoms with E-state index in [1.165, 1.54) is 6.26 Å². The number of aliphatic hydroxyl groups is 1. The molecular weight excluding hydrogens is 326 g/mol. The van der Waals surface area contributed by atoms with Gasteiger partial charge in [0.1, 0.15) is 11.9 Å². The fourth-order valence-electron chi connectivity index (χ4n) is 2.89. The van der Waals surface area contributed by atoms with Crippen molar-refractivity contribution in [3.8, 4) is 0 Å². The quantitative estimate of drug-likeness (QED) is 0.837. The molecule has 0 radical (unpaired) electrons. The molecule has 0 aliphatic heterocycles. The Kier molecular flexibility index (Phi) is 5.52. The Balaban J connectivity index is 2.19. The lowest BCUT2D eigenvalue weighted by Crippen LogP contribution is -2.28. The van der Waals surface area contributed by atoms with Crippen LogP contribution in [0.4, 0.5) is 0 Å². The Morgan fingerprint density at radius 2 is 1.58 bits per heavy atom. The monoisotopic (exact) mass is 351 g/mol. The van der Waals surface area contributed by atoms with E-state index < -0.39 is 16.1 Å². The first-order chi connectivity index (χ1) is 11.2. The zero-order valence-electron chi connectivity index (χ0n) is 14.8. The zero-order chi connectivity index (χ0) is 18.1. The third kappa shape index (κ3) is 3.55. The van der Waals surface area contributed by atoms with Crippen LogP contribution in [0.1, 0.15) is 46.1 Å². The number of aliphatic hydroxyl groups excluding tert-OH is 1. The summed E-state index contributed by atoms with van der Waals surface area (Å²) in [6.45, 7) is 9.69. The Bertz CT molecular complexity index is 794. The Hall–Kier alpha value is -1.63. The molecule has 5 nitrogen and oxygen atoms in total. The summed E-state index contributed by atoms with van der Waals surface area (Å²) in [7, 11) is -3.64.